The van der Waals surface area contributed by atoms with Crippen molar-refractivity contribution in [3.63, 3.8) is 0 Å². The fourth-order valence-electron chi connectivity index (χ4n) is 1.45. The maximum Gasteiger partial charge on any atom is 0.122 e. The molecule has 0 aliphatic heterocycles. The molecule has 2 rings (SSSR count). The molecule has 4 heteroatoms. The predicted octanol–water partition coefficient (Wildman–Crippen LogP) is 2.75. The highest BCUT2D eigenvalue weighted by atomic mass is 32.1. The minimum atomic E-state index is 0.586. The summed E-state index contributed by atoms with van der Waals surface area (Å²) < 4.78 is 10.4. The smallest absolute Gasteiger partial charge is 0.122 e. The Morgan fingerprint density at radius 1 is 1.35 bits per heavy atom. The molecule has 1 heterocycles. The maximum absolute atomic E-state index is 5.29. The molecule has 2 aromatic rings. The van der Waals surface area contributed by atoms with Gasteiger partial charge in [-0.3, -0.25) is 0 Å². The van der Waals surface area contributed by atoms with E-state index in [2.05, 4.69) is 5.32 Å². The van der Waals surface area contributed by atoms with Gasteiger partial charge in [0.25, 0.3) is 0 Å². The summed E-state index contributed by atoms with van der Waals surface area (Å²) in [6.07, 6.45) is 1.64. The first-order valence-electron chi connectivity index (χ1n) is 5.24. The van der Waals surface area contributed by atoms with Gasteiger partial charge < -0.3 is 14.5 Å². The quantitative estimate of drug-likeness (QED) is 0.842. The van der Waals surface area contributed by atoms with Gasteiger partial charge in [-0.05, 0) is 24.3 Å². The highest BCUT2D eigenvalue weighted by molar-refractivity contribution is 7.80. The van der Waals surface area contributed by atoms with Crippen LogP contribution in [0.15, 0.2) is 47.1 Å². The van der Waals surface area contributed by atoms with E-state index in [4.69, 9.17) is 21.4 Å². The van der Waals surface area contributed by atoms with Crippen LogP contribution in [0.2, 0.25) is 0 Å². The number of benzene rings is 1. The van der Waals surface area contributed by atoms with E-state index < -0.39 is 0 Å². The van der Waals surface area contributed by atoms with Crippen LogP contribution in [0.3, 0.4) is 0 Å². The summed E-state index contributed by atoms with van der Waals surface area (Å²) in [6.45, 7) is 0.586. The fraction of sp³-hybridized carbons (Fsp3) is 0.154. The minimum absolute atomic E-state index is 0.586. The summed E-state index contributed by atoms with van der Waals surface area (Å²) in [5.74, 6) is 1.65. The van der Waals surface area contributed by atoms with Crippen molar-refractivity contribution in [1.29, 1.82) is 0 Å². The second kappa shape index (κ2) is 5.50. The van der Waals surface area contributed by atoms with Crippen LogP contribution in [-0.2, 0) is 6.54 Å². The molecule has 0 amide bonds. The largest absolute Gasteiger partial charge is 0.497 e. The minimum Gasteiger partial charge on any atom is -0.497 e. The third-order valence-corrected chi connectivity index (χ3v) is 2.72. The zero-order valence-electron chi connectivity index (χ0n) is 9.47. The van der Waals surface area contributed by atoms with Gasteiger partial charge in [0.1, 0.15) is 16.5 Å². The van der Waals surface area contributed by atoms with Crippen molar-refractivity contribution in [2.75, 3.05) is 7.11 Å². The molecule has 0 fully saturated rings. The van der Waals surface area contributed by atoms with E-state index in [0.29, 0.717) is 11.5 Å². The molecule has 3 nitrogen and oxygen atoms in total. The average molecular weight is 247 g/mol. The Morgan fingerprint density at radius 2 is 2.24 bits per heavy atom. The number of rotatable bonds is 4. The molecule has 0 aliphatic rings. The molecular formula is C13H13NO2S. The number of thiocarbonyl (C=S) groups is 1. The van der Waals surface area contributed by atoms with Crippen molar-refractivity contribution < 1.29 is 9.15 Å². The summed E-state index contributed by atoms with van der Waals surface area (Å²) in [7, 11) is 1.64. The van der Waals surface area contributed by atoms with E-state index >= 15 is 0 Å². The van der Waals surface area contributed by atoms with Gasteiger partial charge in [-0.2, -0.15) is 0 Å². The highest BCUT2D eigenvalue weighted by Gasteiger charge is 2.03. The Morgan fingerprint density at radius 3 is 2.94 bits per heavy atom. The molecular weight excluding hydrogens is 234 g/mol. The number of furan rings is 1. The first-order valence-corrected chi connectivity index (χ1v) is 5.65. The van der Waals surface area contributed by atoms with Crippen LogP contribution in [0, 0.1) is 0 Å². The van der Waals surface area contributed by atoms with Crippen molar-refractivity contribution in [2.45, 2.75) is 6.54 Å². The molecule has 0 saturated carbocycles. The standard InChI is InChI=1S/C13H13NO2S/c1-15-11-5-2-4-10(8-11)13(17)14-9-12-6-3-7-16-12/h2-8H,9H2,1H3,(H,14,17). The third-order valence-electron chi connectivity index (χ3n) is 2.34. The summed E-state index contributed by atoms with van der Waals surface area (Å²) in [6, 6.07) is 11.4. The monoisotopic (exact) mass is 247 g/mol. The lowest BCUT2D eigenvalue weighted by molar-refractivity contribution is 0.414. The van der Waals surface area contributed by atoms with Gasteiger partial charge in [0, 0.05) is 5.56 Å². The Bertz CT molecular complexity index is 494. The molecule has 88 valence electrons. The van der Waals surface area contributed by atoms with E-state index in [9.17, 15) is 0 Å². The summed E-state index contributed by atoms with van der Waals surface area (Å²) in [4.78, 5) is 0.681. The van der Waals surface area contributed by atoms with Crippen LogP contribution < -0.4 is 10.1 Å². The SMILES string of the molecule is COc1cccc(C(=S)NCc2ccco2)c1. The van der Waals surface area contributed by atoms with Gasteiger partial charge in [-0.15, -0.1) is 0 Å². The van der Waals surface area contributed by atoms with Gasteiger partial charge >= 0.3 is 0 Å². The topological polar surface area (TPSA) is 34.4 Å². The molecule has 0 aliphatic carbocycles. The second-order valence-electron chi connectivity index (χ2n) is 3.49. The van der Waals surface area contributed by atoms with Crippen molar-refractivity contribution in [3.05, 3.63) is 54.0 Å². The Hall–Kier alpha value is -1.81. The summed E-state index contributed by atoms with van der Waals surface area (Å²) >= 11 is 5.29. The van der Waals surface area contributed by atoms with Crippen molar-refractivity contribution in [2.24, 2.45) is 0 Å². The first kappa shape index (κ1) is 11.7. The molecule has 1 N–H and O–H groups in total. The lowest BCUT2D eigenvalue weighted by Gasteiger charge is -2.07. The summed E-state index contributed by atoms with van der Waals surface area (Å²) in [5.41, 5.74) is 0.936. The van der Waals surface area contributed by atoms with E-state index in [1.54, 1.807) is 13.4 Å². The maximum atomic E-state index is 5.29. The van der Waals surface area contributed by atoms with Gasteiger partial charge in [0.15, 0.2) is 0 Å². The Labute approximate surface area is 105 Å². The molecule has 0 radical (unpaired) electrons. The highest BCUT2D eigenvalue weighted by Crippen LogP contribution is 2.13. The number of hydrogen-bond acceptors (Lipinski definition) is 3. The van der Waals surface area contributed by atoms with Gasteiger partial charge in [-0.25, -0.2) is 0 Å². The van der Waals surface area contributed by atoms with Crippen LogP contribution >= 0.6 is 12.2 Å². The molecule has 0 saturated heterocycles. The lowest BCUT2D eigenvalue weighted by atomic mass is 10.2. The molecule has 0 bridgehead atoms. The molecule has 0 unspecified atom stereocenters. The van der Waals surface area contributed by atoms with Crippen molar-refractivity contribution in [1.82, 2.24) is 5.32 Å². The molecule has 1 aromatic carbocycles. The van der Waals surface area contributed by atoms with Gasteiger partial charge in [0.2, 0.25) is 0 Å². The second-order valence-corrected chi connectivity index (χ2v) is 3.90. The normalized spacial score (nSPS) is 9.94. The average Bonchev–Trinajstić information content (AvgIpc) is 2.89. The van der Waals surface area contributed by atoms with Crippen LogP contribution in [0.25, 0.3) is 0 Å². The zero-order valence-corrected chi connectivity index (χ0v) is 10.3. The first-order chi connectivity index (χ1) is 8.29. The Balaban J connectivity index is 1.99. The molecule has 17 heavy (non-hydrogen) atoms. The number of hydrogen-bond donors (Lipinski definition) is 1. The van der Waals surface area contributed by atoms with E-state index in [0.717, 1.165) is 17.1 Å². The van der Waals surface area contributed by atoms with Crippen LogP contribution in [0.1, 0.15) is 11.3 Å². The lowest BCUT2D eigenvalue weighted by Crippen LogP contribution is -2.21. The summed E-state index contributed by atoms with van der Waals surface area (Å²) in [5, 5.41) is 3.13. The van der Waals surface area contributed by atoms with E-state index in [1.807, 2.05) is 36.4 Å². The zero-order chi connectivity index (χ0) is 12.1. The molecule has 0 atom stereocenters. The molecule has 0 spiro atoms. The van der Waals surface area contributed by atoms with Crippen LogP contribution in [-0.4, -0.2) is 12.1 Å². The van der Waals surface area contributed by atoms with E-state index in [1.165, 1.54) is 0 Å². The van der Waals surface area contributed by atoms with Crippen LogP contribution in [0.5, 0.6) is 5.75 Å². The van der Waals surface area contributed by atoms with Crippen LogP contribution in [0.4, 0.5) is 0 Å². The van der Waals surface area contributed by atoms with Crippen molar-refractivity contribution in [3.8, 4) is 5.75 Å². The molecule has 1 aromatic heterocycles. The number of ether oxygens (including phenoxy) is 1. The van der Waals surface area contributed by atoms with Gasteiger partial charge in [-0.1, -0.05) is 24.4 Å². The third kappa shape index (κ3) is 3.07. The van der Waals surface area contributed by atoms with Crippen molar-refractivity contribution >= 4 is 17.2 Å². The van der Waals surface area contributed by atoms with Gasteiger partial charge in [0.05, 0.1) is 19.9 Å². The number of nitrogens with one attached hydrogen (secondary N) is 1. The fourth-order valence-corrected chi connectivity index (χ4v) is 1.65. The predicted molar refractivity (Wildman–Crippen MR) is 70.2 cm³/mol. The Kier molecular flexibility index (Phi) is 3.77. The number of methoxy groups -OCH3 is 1. The van der Waals surface area contributed by atoms with E-state index in [-0.39, 0.29) is 0 Å².